The third kappa shape index (κ3) is 3.54. The lowest BCUT2D eigenvalue weighted by Gasteiger charge is -2.24. The van der Waals surface area contributed by atoms with Gasteiger partial charge in [0, 0.05) is 35.6 Å². The van der Waals surface area contributed by atoms with Crippen molar-refractivity contribution in [3.05, 3.63) is 60.5 Å². The lowest BCUT2D eigenvalue weighted by atomic mass is 9.85. The van der Waals surface area contributed by atoms with Crippen molar-refractivity contribution >= 4 is 45.0 Å². The number of hydrogen-bond acceptors (Lipinski definition) is 7. The lowest BCUT2D eigenvalue weighted by Crippen LogP contribution is -2.28. The number of anilines is 1. The molecule has 1 aliphatic carbocycles. The van der Waals surface area contributed by atoms with Gasteiger partial charge in [-0.1, -0.05) is 12.5 Å². The molecule has 176 valence electrons. The lowest BCUT2D eigenvalue weighted by molar-refractivity contribution is -0.122. The van der Waals surface area contributed by atoms with Crippen molar-refractivity contribution in [2.24, 2.45) is 5.92 Å². The molecule has 0 aliphatic heterocycles. The molecule has 1 aliphatic rings. The number of imidazole rings is 1. The topological polar surface area (TPSA) is 125 Å². The van der Waals surface area contributed by atoms with Gasteiger partial charge in [-0.2, -0.15) is 5.10 Å². The van der Waals surface area contributed by atoms with Crippen LogP contribution in [0.5, 0.6) is 0 Å². The van der Waals surface area contributed by atoms with E-state index >= 15 is 0 Å². The molecule has 7 rings (SSSR count). The minimum Gasteiger partial charge on any atom is -0.336 e. The average molecular weight is 493 g/mol. The maximum Gasteiger partial charge on any atom is 0.227 e. The van der Waals surface area contributed by atoms with Crippen molar-refractivity contribution < 1.29 is 4.79 Å². The zero-order valence-corrected chi connectivity index (χ0v) is 19.8. The van der Waals surface area contributed by atoms with E-state index in [0.717, 1.165) is 57.4 Å². The highest BCUT2D eigenvalue weighted by atomic mass is 32.1. The number of pyridine rings is 3. The Hall–Kier alpha value is -4.44. The van der Waals surface area contributed by atoms with Gasteiger partial charge in [-0.15, -0.1) is 11.3 Å². The van der Waals surface area contributed by atoms with Crippen molar-refractivity contribution in [1.29, 1.82) is 0 Å². The van der Waals surface area contributed by atoms with Crippen LogP contribution < -0.4 is 5.32 Å². The van der Waals surface area contributed by atoms with Crippen LogP contribution in [0.2, 0.25) is 0 Å². The summed E-state index contributed by atoms with van der Waals surface area (Å²) in [6, 6.07) is 9.90. The molecule has 1 saturated carbocycles. The largest absolute Gasteiger partial charge is 0.336 e. The minimum atomic E-state index is 0.0622. The van der Waals surface area contributed by atoms with Crippen molar-refractivity contribution in [3.63, 3.8) is 0 Å². The number of aromatic amines is 2. The molecular formula is C26H20N8OS. The van der Waals surface area contributed by atoms with E-state index in [1.807, 2.05) is 35.7 Å². The molecule has 6 heterocycles. The molecule has 6 aromatic rings. The van der Waals surface area contributed by atoms with E-state index in [-0.39, 0.29) is 11.8 Å². The van der Waals surface area contributed by atoms with Gasteiger partial charge in [0.1, 0.15) is 16.9 Å². The molecule has 0 bridgehead atoms. The summed E-state index contributed by atoms with van der Waals surface area (Å²) in [5, 5.41) is 13.4. The fraction of sp³-hybridized carbons (Fsp3) is 0.154. The fourth-order valence-electron chi connectivity index (χ4n) is 4.46. The highest BCUT2D eigenvalue weighted by Gasteiger charge is 2.25. The summed E-state index contributed by atoms with van der Waals surface area (Å²) < 4.78 is 0. The van der Waals surface area contributed by atoms with Crippen LogP contribution in [0.4, 0.5) is 5.69 Å². The summed E-state index contributed by atoms with van der Waals surface area (Å²) in [4.78, 5) is 35.2. The van der Waals surface area contributed by atoms with Crippen molar-refractivity contribution in [1.82, 2.24) is 35.1 Å². The van der Waals surface area contributed by atoms with Crippen LogP contribution in [-0.2, 0) is 4.79 Å². The quantitative estimate of drug-likeness (QED) is 0.295. The maximum absolute atomic E-state index is 12.4. The molecule has 3 N–H and O–H groups in total. The van der Waals surface area contributed by atoms with Crippen LogP contribution in [0.15, 0.2) is 60.5 Å². The van der Waals surface area contributed by atoms with Gasteiger partial charge in [-0.05, 0) is 42.5 Å². The predicted octanol–water partition coefficient (Wildman–Crippen LogP) is 5.43. The third-order valence-corrected chi connectivity index (χ3v) is 7.49. The molecule has 0 aromatic carbocycles. The standard InChI is InChI=1S/C26H20N8OS/c35-26(14-3-1-4-14)30-17-9-15(11-27-13-17)16-10-18-21(33-34-24(18)29-12-16)25-31-19-6-7-28-23(22(19)32-25)20-5-2-8-36-20/h2,5-14H,1,3-4H2,(H,30,35)(H,31,32)(H,29,33,34). The predicted molar refractivity (Wildman–Crippen MR) is 139 cm³/mol. The van der Waals surface area contributed by atoms with Crippen LogP contribution in [0.1, 0.15) is 19.3 Å². The van der Waals surface area contributed by atoms with E-state index in [2.05, 4.69) is 35.5 Å². The van der Waals surface area contributed by atoms with Gasteiger partial charge in [-0.3, -0.25) is 19.9 Å². The van der Waals surface area contributed by atoms with Crippen LogP contribution in [0.3, 0.4) is 0 Å². The van der Waals surface area contributed by atoms with Gasteiger partial charge in [0.2, 0.25) is 5.91 Å². The van der Waals surface area contributed by atoms with Gasteiger partial charge in [-0.25, -0.2) is 9.97 Å². The van der Waals surface area contributed by atoms with Gasteiger partial charge in [0.05, 0.1) is 27.7 Å². The van der Waals surface area contributed by atoms with Crippen molar-refractivity contribution in [2.45, 2.75) is 19.3 Å². The molecule has 9 nitrogen and oxygen atoms in total. The van der Waals surface area contributed by atoms with E-state index in [1.54, 1.807) is 36.1 Å². The summed E-state index contributed by atoms with van der Waals surface area (Å²) in [5.41, 5.74) is 6.28. The number of fused-ring (bicyclic) bond motifs is 2. The Balaban J connectivity index is 1.26. The second-order valence-corrected chi connectivity index (χ2v) is 9.84. The first kappa shape index (κ1) is 20.9. The number of rotatable bonds is 5. The summed E-state index contributed by atoms with van der Waals surface area (Å²) in [7, 11) is 0. The number of amides is 1. The SMILES string of the molecule is O=C(Nc1cncc(-c2cnc3[nH]nc(-c4nc5c(-c6cccs6)nccc5[nH]4)c3c2)c1)C1CCC1. The van der Waals surface area contributed by atoms with Gasteiger partial charge in [0.15, 0.2) is 11.5 Å². The summed E-state index contributed by atoms with van der Waals surface area (Å²) >= 11 is 1.63. The van der Waals surface area contributed by atoms with Crippen molar-refractivity contribution in [2.75, 3.05) is 5.32 Å². The van der Waals surface area contributed by atoms with E-state index in [4.69, 9.17) is 4.98 Å². The van der Waals surface area contributed by atoms with E-state index in [9.17, 15) is 4.79 Å². The van der Waals surface area contributed by atoms with Crippen LogP contribution in [0, 0.1) is 5.92 Å². The summed E-state index contributed by atoms with van der Waals surface area (Å²) in [6.07, 6.45) is 10.0. The van der Waals surface area contributed by atoms with Crippen LogP contribution in [-0.4, -0.2) is 41.0 Å². The molecule has 10 heteroatoms. The van der Waals surface area contributed by atoms with Crippen LogP contribution >= 0.6 is 11.3 Å². The Morgan fingerprint density at radius 2 is 1.97 bits per heavy atom. The first-order valence-corrected chi connectivity index (χ1v) is 12.6. The highest BCUT2D eigenvalue weighted by molar-refractivity contribution is 7.13. The Kier molecular flexibility index (Phi) is 4.84. The molecular weight excluding hydrogens is 472 g/mol. The highest BCUT2D eigenvalue weighted by Crippen LogP contribution is 2.33. The number of aromatic nitrogens is 7. The van der Waals surface area contributed by atoms with Crippen molar-refractivity contribution in [3.8, 4) is 33.2 Å². The Bertz CT molecular complexity index is 1730. The van der Waals surface area contributed by atoms with Gasteiger partial charge >= 0.3 is 0 Å². The first-order chi connectivity index (χ1) is 17.7. The summed E-state index contributed by atoms with van der Waals surface area (Å²) in [6.45, 7) is 0. The fourth-order valence-corrected chi connectivity index (χ4v) is 5.19. The number of carbonyl (C=O) groups excluding carboxylic acids is 1. The molecule has 0 spiro atoms. The molecule has 1 fully saturated rings. The smallest absolute Gasteiger partial charge is 0.227 e. The number of thiophene rings is 1. The molecule has 0 atom stereocenters. The molecule has 0 radical (unpaired) electrons. The van der Waals surface area contributed by atoms with E-state index < -0.39 is 0 Å². The normalized spacial score (nSPS) is 13.8. The Morgan fingerprint density at radius 1 is 1.06 bits per heavy atom. The van der Waals surface area contributed by atoms with Gasteiger partial charge in [0.25, 0.3) is 0 Å². The zero-order valence-electron chi connectivity index (χ0n) is 19.0. The third-order valence-electron chi connectivity index (χ3n) is 6.61. The van der Waals surface area contributed by atoms with E-state index in [0.29, 0.717) is 22.9 Å². The van der Waals surface area contributed by atoms with Crippen LogP contribution in [0.25, 0.3) is 55.3 Å². The molecule has 6 aromatic heterocycles. The second kappa shape index (κ2) is 8.35. The average Bonchev–Trinajstić information content (AvgIpc) is 3.61. The molecule has 0 saturated heterocycles. The van der Waals surface area contributed by atoms with E-state index in [1.165, 1.54) is 0 Å². The molecule has 0 unspecified atom stereocenters. The Labute approximate surface area is 209 Å². The molecule has 1 amide bonds. The number of nitrogens with one attached hydrogen (secondary N) is 3. The number of carbonyl (C=O) groups is 1. The monoisotopic (exact) mass is 492 g/mol. The second-order valence-electron chi connectivity index (χ2n) is 8.89. The number of nitrogens with zero attached hydrogens (tertiary/aromatic N) is 5. The first-order valence-electron chi connectivity index (χ1n) is 11.7. The number of hydrogen-bond donors (Lipinski definition) is 3. The number of H-pyrrole nitrogens is 2. The molecule has 36 heavy (non-hydrogen) atoms. The summed E-state index contributed by atoms with van der Waals surface area (Å²) in [5.74, 6) is 0.812. The van der Waals surface area contributed by atoms with Gasteiger partial charge < -0.3 is 10.3 Å². The Morgan fingerprint density at radius 3 is 2.81 bits per heavy atom. The maximum atomic E-state index is 12.4. The zero-order chi connectivity index (χ0) is 24.1. The minimum absolute atomic E-state index is 0.0622.